The first-order valence-corrected chi connectivity index (χ1v) is 7.01. The van der Waals surface area contributed by atoms with E-state index in [9.17, 15) is 0 Å². The monoisotopic (exact) mass is 230 g/mol. The molecule has 2 aliphatic rings. The van der Waals surface area contributed by atoms with Gasteiger partial charge in [-0.1, -0.05) is 24.6 Å². The van der Waals surface area contributed by atoms with E-state index in [1.807, 2.05) is 0 Å². The highest BCUT2D eigenvalue weighted by molar-refractivity contribution is 5.61. The predicted molar refractivity (Wildman–Crippen MR) is 72.6 cm³/mol. The van der Waals surface area contributed by atoms with Crippen molar-refractivity contribution in [2.24, 2.45) is 0 Å². The zero-order valence-electron chi connectivity index (χ0n) is 10.5. The van der Waals surface area contributed by atoms with Gasteiger partial charge in [-0.3, -0.25) is 0 Å². The average molecular weight is 230 g/mol. The van der Waals surface area contributed by atoms with E-state index >= 15 is 0 Å². The summed E-state index contributed by atoms with van der Waals surface area (Å²) in [6, 6.07) is 7.57. The van der Waals surface area contributed by atoms with Crippen molar-refractivity contribution in [2.75, 3.05) is 18.4 Å². The molecule has 0 bridgehead atoms. The Morgan fingerprint density at radius 1 is 1.29 bits per heavy atom. The third-order valence-corrected chi connectivity index (χ3v) is 4.09. The number of nitrogens with one attached hydrogen (secondary N) is 2. The molecule has 2 nitrogen and oxygen atoms in total. The van der Waals surface area contributed by atoms with E-state index in [0.29, 0.717) is 0 Å². The van der Waals surface area contributed by atoms with E-state index in [2.05, 4.69) is 28.8 Å². The summed E-state index contributed by atoms with van der Waals surface area (Å²) in [5, 5.41) is 7.16. The molecule has 3 rings (SSSR count). The van der Waals surface area contributed by atoms with E-state index in [1.54, 1.807) is 0 Å². The number of fused-ring (bicyclic) bond motifs is 1. The van der Waals surface area contributed by atoms with Crippen LogP contribution in [0.25, 0.3) is 0 Å². The van der Waals surface area contributed by atoms with Crippen molar-refractivity contribution in [1.29, 1.82) is 0 Å². The SMILES string of the molecule is c1cc(CCCNC2CCC2)c2c(c1)CCN2. The normalized spacial score (nSPS) is 18.6. The molecule has 1 fully saturated rings. The Kier molecular flexibility index (Phi) is 3.32. The van der Waals surface area contributed by atoms with Crippen LogP contribution in [0.1, 0.15) is 36.8 Å². The van der Waals surface area contributed by atoms with Crippen LogP contribution in [0.2, 0.25) is 0 Å². The highest BCUT2D eigenvalue weighted by Gasteiger charge is 2.16. The first-order chi connectivity index (χ1) is 8.43. The summed E-state index contributed by atoms with van der Waals surface area (Å²) < 4.78 is 0. The van der Waals surface area contributed by atoms with Crippen molar-refractivity contribution in [2.45, 2.75) is 44.6 Å². The summed E-state index contributed by atoms with van der Waals surface area (Å²) in [4.78, 5) is 0. The van der Waals surface area contributed by atoms with Crippen LogP contribution in [-0.4, -0.2) is 19.1 Å². The molecule has 2 N–H and O–H groups in total. The maximum Gasteiger partial charge on any atom is 0.0406 e. The van der Waals surface area contributed by atoms with Crippen LogP contribution in [0.3, 0.4) is 0 Å². The van der Waals surface area contributed by atoms with Gasteiger partial charge in [0.15, 0.2) is 0 Å². The van der Waals surface area contributed by atoms with Crippen LogP contribution < -0.4 is 10.6 Å². The first kappa shape index (κ1) is 11.1. The van der Waals surface area contributed by atoms with Crippen LogP contribution >= 0.6 is 0 Å². The number of hydrogen-bond acceptors (Lipinski definition) is 2. The van der Waals surface area contributed by atoms with Crippen molar-refractivity contribution in [3.63, 3.8) is 0 Å². The summed E-state index contributed by atoms with van der Waals surface area (Å²) in [5.41, 5.74) is 4.45. The van der Waals surface area contributed by atoms with Crippen molar-refractivity contribution in [1.82, 2.24) is 5.32 Å². The Morgan fingerprint density at radius 2 is 2.24 bits per heavy atom. The maximum absolute atomic E-state index is 3.64. The van der Waals surface area contributed by atoms with Crippen LogP contribution in [0, 0.1) is 0 Å². The number of aryl methyl sites for hydroxylation is 1. The predicted octanol–water partition coefficient (Wildman–Crippen LogP) is 2.73. The smallest absolute Gasteiger partial charge is 0.0406 e. The molecule has 0 unspecified atom stereocenters. The van der Waals surface area contributed by atoms with Gasteiger partial charge in [0.1, 0.15) is 0 Å². The van der Waals surface area contributed by atoms with Gasteiger partial charge in [0.05, 0.1) is 0 Å². The van der Waals surface area contributed by atoms with Gasteiger partial charge in [-0.05, 0) is 49.8 Å². The molecule has 92 valence electrons. The summed E-state index contributed by atoms with van der Waals surface area (Å²) in [7, 11) is 0. The molecule has 1 aromatic rings. The van der Waals surface area contributed by atoms with Crippen molar-refractivity contribution < 1.29 is 0 Å². The van der Waals surface area contributed by atoms with Crippen molar-refractivity contribution in [3.8, 4) is 0 Å². The zero-order chi connectivity index (χ0) is 11.5. The molecule has 1 saturated carbocycles. The second-order valence-electron chi connectivity index (χ2n) is 5.31. The second kappa shape index (κ2) is 5.09. The van der Waals surface area contributed by atoms with Crippen LogP contribution in [-0.2, 0) is 12.8 Å². The Morgan fingerprint density at radius 3 is 3.06 bits per heavy atom. The highest BCUT2D eigenvalue weighted by Crippen LogP contribution is 2.27. The lowest BCUT2D eigenvalue weighted by Gasteiger charge is -2.26. The van der Waals surface area contributed by atoms with E-state index in [0.717, 1.165) is 12.6 Å². The minimum absolute atomic E-state index is 0.828. The number of rotatable bonds is 5. The van der Waals surface area contributed by atoms with Crippen LogP contribution in [0.15, 0.2) is 18.2 Å². The molecular formula is C15H22N2. The van der Waals surface area contributed by atoms with E-state index in [-0.39, 0.29) is 0 Å². The van der Waals surface area contributed by atoms with E-state index in [4.69, 9.17) is 0 Å². The standard InChI is InChI=1S/C15H22N2/c1-4-12(15-13(5-1)9-11-17-15)6-3-10-16-14-7-2-8-14/h1,4-5,14,16-17H,2-3,6-11H2. The van der Waals surface area contributed by atoms with Crippen LogP contribution in [0.4, 0.5) is 5.69 Å². The Hall–Kier alpha value is -1.02. The number of para-hydroxylation sites is 1. The fraction of sp³-hybridized carbons (Fsp3) is 0.600. The summed E-state index contributed by atoms with van der Waals surface area (Å²) in [6.45, 7) is 2.29. The third kappa shape index (κ3) is 2.47. The number of benzene rings is 1. The lowest BCUT2D eigenvalue weighted by atomic mass is 9.93. The van der Waals surface area contributed by atoms with Gasteiger partial charge in [-0.2, -0.15) is 0 Å². The largest absolute Gasteiger partial charge is 0.384 e. The maximum atomic E-state index is 3.64. The molecular weight excluding hydrogens is 208 g/mol. The molecule has 0 spiro atoms. The van der Waals surface area contributed by atoms with Gasteiger partial charge in [-0.25, -0.2) is 0 Å². The zero-order valence-corrected chi connectivity index (χ0v) is 10.5. The second-order valence-corrected chi connectivity index (χ2v) is 5.31. The van der Waals surface area contributed by atoms with Crippen molar-refractivity contribution >= 4 is 5.69 Å². The van der Waals surface area contributed by atoms with Gasteiger partial charge in [0.25, 0.3) is 0 Å². The topological polar surface area (TPSA) is 24.1 Å². The Labute approximate surface area is 104 Å². The molecule has 1 aliphatic carbocycles. The molecule has 0 aromatic heterocycles. The molecule has 1 aromatic carbocycles. The van der Waals surface area contributed by atoms with Gasteiger partial charge in [0, 0.05) is 18.3 Å². The molecule has 17 heavy (non-hydrogen) atoms. The molecule has 1 aliphatic heterocycles. The molecule has 2 heteroatoms. The summed E-state index contributed by atoms with van der Waals surface area (Å²) in [6.07, 6.45) is 7.87. The van der Waals surface area contributed by atoms with Gasteiger partial charge in [0.2, 0.25) is 0 Å². The average Bonchev–Trinajstić information content (AvgIpc) is 2.75. The number of anilines is 1. The van der Waals surface area contributed by atoms with Gasteiger partial charge < -0.3 is 10.6 Å². The fourth-order valence-corrected chi connectivity index (χ4v) is 2.82. The van der Waals surface area contributed by atoms with Gasteiger partial charge in [-0.15, -0.1) is 0 Å². The minimum atomic E-state index is 0.828. The lowest BCUT2D eigenvalue weighted by molar-refractivity contribution is 0.339. The molecule has 0 saturated heterocycles. The van der Waals surface area contributed by atoms with Crippen LogP contribution in [0.5, 0.6) is 0 Å². The van der Waals surface area contributed by atoms with E-state index < -0.39 is 0 Å². The van der Waals surface area contributed by atoms with Gasteiger partial charge >= 0.3 is 0 Å². The molecule has 0 radical (unpaired) electrons. The van der Waals surface area contributed by atoms with E-state index in [1.165, 1.54) is 61.9 Å². The Balaban J connectivity index is 1.49. The summed E-state index contributed by atoms with van der Waals surface area (Å²) >= 11 is 0. The lowest BCUT2D eigenvalue weighted by Crippen LogP contribution is -2.35. The molecule has 0 atom stereocenters. The quantitative estimate of drug-likeness (QED) is 0.760. The minimum Gasteiger partial charge on any atom is -0.384 e. The number of hydrogen-bond donors (Lipinski definition) is 2. The third-order valence-electron chi connectivity index (χ3n) is 4.09. The first-order valence-electron chi connectivity index (χ1n) is 7.01. The molecule has 0 amide bonds. The highest BCUT2D eigenvalue weighted by atomic mass is 14.9. The molecule has 1 heterocycles. The van der Waals surface area contributed by atoms with Crippen molar-refractivity contribution in [3.05, 3.63) is 29.3 Å². The Bertz CT molecular complexity index is 383. The fourth-order valence-electron chi connectivity index (χ4n) is 2.82. The summed E-state index contributed by atoms with van der Waals surface area (Å²) in [5.74, 6) is 0.